The topological polar surface area (TPSA) is 108 Å². The molecule has 35 heavy (non-hydrogen) atoms. The number of aromatic carboxylic acids is 1. The first kappa shape index (κ1) is 26.5. The molecular formula is C25H32FN3O5S. The average Bonchev–Trinajstić information content (AvgIpc) is 2.93. The van der Waals surface area contributed by atoms with Gasteiger partial charge in [-0.2, -0.15) is 0 Å². The van der Waals surface area contributed by atoms with E-state index in [9.17, 15) is 22.7 Å². The zero-order valence-corrected chi connectivity index (χ0v) is 20.8. The molecule has 0 bridgehead atoms. The van der Waals surface area contributed by atoms with Crippen LogP contribution in [-0.2, 0) is 10.0 Å². The lowest BCUT2D eigenvalue weighted by Crippen LogP contribution is -2.22. The van der Waals surface area contributed by atoms with Gasteiger partial charge in [0.05, 0.1) is 22.9 Å². The normalized spacial score (nSPS) is 14.4. The molecule has 0 saturated carbocycles. The summed E-state index contributed by atoms with van der Waals surface area (Å²) in [6.45, 7) is 7.23. The molecule has 3 N–H and O–H groups in total. The summed E-state index contributed by atoms with van der Waals surface area (Å²) in [5.41, 5.74) is 0.261. The predicted octanol–water partition coefficient (Wildman–Crippen LogP) is 4.65. The van der Waals surface area contributed by atoms with E-state index in [-0.39, 0.29) is 27.5 Å². The van der Waals surface area contributed by atoms with E-state index < -0.39 is 21.8 Å². The number of likely N-dealkylation sites (N-methyl/N-ethyl adjacent to an activating group) is 1. The van der Waals surface area contributed by atoms with Gasteiger partial charge < -0.3 is 20.1 Å². The number of benzene rings is 2. The fourth-order valence-corrected chi connectivity index (χ4v) is 5.13. The quantitative estimate of drug-likeness (QED) is 0.455. The van der Waals surface area contributed by atoms with Crippen LogP contribution in [0.25, 0.3) is 6.08 Å². The van der Waals surface area contributed by atoms with Crippen molar-refractivity contribution in [3.63, 3.8) is 0 Å². The summed E-state index contributed by atoms with van der Waals surface area (Å²) in [5, 5.41) is 13.1. The number of carbonyl (C=O) groups is 1. The number of hydrogen-bond donors (Lipinski definition) is 3. The molecule has 1 aliphatic rings. The van der Waals surface area contributed by atoms with Gasteiger partial charge in [-0.15, -0.1) is 0 Å². The summed E-state index contributed by atoms with van der Waals surface area (Å²) >= 11 is 0. The van der Waals surface area contributed by atoms with Crippen molar-refractivity contribution in [2.24, 2.45) is 0 Å². The van der Waals surface area contributed by atoms with Crippen molar-refractivity contribution in [2.45, 2.75) is 38.0 Å². The van der Waals surface area contributed by atoms with Crippen LogP contribution < -0.4 is 14.8 Å². The summed E-state index contributed by atoms with van der Waals surface area (Å²) in [4.78, 5) is 14.1. The monoisotopic (exact) mass is 505 g/mol. The SMILES string of the molecule is CCN(CC)CC=Cc1cc(F)ccc1S(=O)(=O)Nc1ccc2c(c1C(=O)O)OCCCCCN2. The van der Waals surface area contributed by atoms with Crippen molar-refractivity contribution in [3.05, 3.63) is 53.4 Å². The molecule has 3 rings (SSSR count). The van der Waals surface area contributed by atoms with Gasteiger partial charge in [-0.05, 0) is 68.2 Å². The van der Waals surface area contributed by atoms with Crippen molar-refractivity contribution >= 4 is 33.4 Å². The van der Waals surface area contributed by atoms with Gasteiger partial charge in [-0.1, -0.05) is 26.0 Å². The maximum Gasteiger partial charge on any atom is 0.341 e. The molecule has 2 aromatic carbocycles. The van der Waals surface area contributed by atoms with Crippen LogP contribution in [0.4, 0.5) is 15.8 Å². The summed E-state index contributed by atoms with van der Waals surface area (Å²) < 4.78 is 48.8. The van der Waals surface area contributed by atoms with Crippen LogP contribution in [0.3, 0.4) is 0 Å². The number of ether oxygens (including phenoxy) is 1. The molecule has 0 radical (unpaired) electrons. The molecule has 0 aromatic heterocycles. The Labute approximate surface area is 205 Å². The molecule has 1 heterocycles. The number of hydrogen-bond acceptors (Lipinski definition) is 6. The van der Waals surface area contributed by atoms with Crippen molar-refractivity contribution in [2.75, 3.05) is 42.8 Å². The van der Waals surface area contributed by atoms with Crippen molar-refractivity contribution in [1.29, 1.82) is 0 Å². The lowest BCUT2D eigenvalue weighted by Gasteiger charge is -2.18. The lowest BCUT2D eigenvalue weighted by atomic mass is 10.1. The van der Waals surface area contributed by atoms with Gasteiger partial charge in [0.2, 0.25) is 0 Å². The van der Waals surface area contributed by atoms with Crippen LogP contribution >= 0.6 is 0 Å². The number of fused-ring (bicyclic) bond motifs is 1. The van der Waals surface area contributed by atoms with E-state index in [1.807, 2.05) is 13.8 Å². The summed E-state index contributed by atoms with van der Waals surface area (Å²) in [6.07, 6.45) is 5.93. The Morgan fingerprint density at radius 2 is 1.97 bits per heavy atom. The molecule has 0 unspecified atom stereocenters. The Morgan fingerprint density at radius 1 is 1.20 bits per heavy atom. The Kier molecular flexibility index (Phi) is 9.11. The minimum absolute atomic E-state index is 0.0954. The molecule has 0 saturated heterocycles. The maximum atomic E-state index is 14.0. The molecule has 8 nitrogen and oxygen atoms in total. The molecule has 0 aliphatic carbocycles. The smallest absolute Gasteiger partial charge is 0.341 e. The number of anilines is 2. The highest BCUT2D eigenvalue weighted by atomic mass is 32.2. The Balaban J connectivity index is 1.99. The van der Waals surface area contributed by atoms with Gasteiger partial charge in [0.25, 0.3) is 10.0 Å². The van der Waals surface area contributed by atoms with Crippen LogP contribution in [0.1, 0.15) is 49.0 Å². The van der Waals surface area contributed by atoms with Gasteiger partial charge in [0.15, 0.2) is 5.75 Å². The molecule has 10 heteroatoms. The number of halogens is 1. The fourth-order valence-electron chi connectivity index (χ4n) is 3.87. The van der Waals surface area contributed by atoms with E-state index in [1.165, 1.54) is 12.1 Å². The number of carboxylic acids is 1. The first-order valence-corrected chi connectivity index (χ1v) is 13.2. The number of carboxylic acid groups (broad SMARTS) is 1. The van der Waals surface area contributed by atoms with E-state index >= 15 is 0 Å². The van der Waals surface area contributed by atoms with Crippen LogP contribution in [0.15, 0.2) is 41.3 Å². The second kappa shape index (κ2) is 12.0. The molecule has 0 amide bonds. The minimum Gasteiger partial charge on any atom is -0.490 e. The van der Waals surface area contributed by atoms with Gasteiger partial charge in [-0.25, -0.2) is 17.6 Å². The van der Waals surface area contributed by atoms with Gasteiger partial charge in [0.1, 0.15) is 11.4 Å². The van der Waals surface area contributed by atoms with E-state index in [2.05, 4.69) is 14.9 Å². The van der Waals surface area contributed by atoms with Crippen LogP contribution in [0.2, 0.25) is 0 Å². The van der Waals surface area contributed by atoms with Gasteiger partial charge >= 0.3 is 5.97 Å². The van der Waals surface area contributed by atoms with Crippen molar-refractivity contribution in [3.8, 4) is 5.75 Å². The standard InChI is InChI=1S/C25H32FN3O5S/c1-3-29(4-2)15-8-9-18-17-19(26)10-13-22(18)35(32,33)28-20-11-12-21-24(23(20)25(30)31)34-16-7-5-6-14-27-21/h8-13,17,27-28H,3-7,14-16H2,1-2H3,(H,30,31). The molecular weight excluding hydrogens is 473 g/mol. The molecule has 0 spiro atoms. The minimum atomic E-state index is -4.25. The number of nitrogens with zero attached hydrogens (tertiary/aromatic N) is 1. The highest BCUT2D eigenvalue weighted by Gasteiger charge is 2.26. The van der Waals surface area contributed by atoms with E-state index in [0.29, 0.717) is 25.4 Å². The van der Waals surface area contributed by atoms with Gasteiger partial charge in [-0.3, -0.25) is 4.72 Å². The highest BCUT2D eigenvalue weighted by Crippen LogP contribution is 2.37. The predicted molar refractivity (Wildman–Crippen MR) is 135 cm³/mol. The van der Waals surface area contributed by atoms with Gasteiger partial charge in [0, 0.05) is 13.1 Å². The number of nitrogens with one attached hydrogen (secondary N) is 2. The van der Waals surface area contributed by atoms with Crippen molar-refractivity contribution in [1.82, 2.24) is 4.90 Å². The molecule has 0 atom stereocenters. The summed E-state index contributed by atoms with van der Waals surface area (Å²) in [6, 6.07) is 6.37. The molecule has 2 aromatic rings. The van der Waals surface area contributed by atoms with Crippen molar-refractivity contribution < 1.29 is 27.4 Å². The van der Waals surface area contributed by atoms with Crippen LogP contribution in [-0.4, -0.2) is 57.2 Å². The zero-order chi connectivity index (χ0) is 25.4. The second-order valence-electron chi connectivity index (χ2n) is 8.18. The zero-order valence-electron chi connectivity index (χ0n) is 20.0. The largest absolute Gasteiger partial charge is 0.490 e. The summed E-state index contributed by atoms with van der Waals surface area (Å²) in [7, 11) is -4.25. The third-order valence-corrected chi connectivity index (χ3v) is 7.26. The second-order valence-corrected chi connectivity index (χ2v) is 9.83. The van der Waals surface area contributed by atoms with E-state index in [1.54, 1.807) is 18.2 Å². The third-order valence-electron chi connectivity index (χ3n) is 5.82. The maximum absolute atomic E-state index is 14.0. The molecule has 1 aliphatic heterocycles. The molecule has 190 valence electrons. The summed E-state index contributed by atoms with van der Waals surface area (Å²) in [5.74, 6) is -1.80. The third kappa shape index (κ3) is 6.73. The lowest BCUT2D eigenvalue weighted by molar-refractivity contribution is 0.0693. The fraction of sp³-hybridized carbons (Fsp3) is 0.400. The highest BCUT2D eigenvalue weighted by molar-refractivity contribution is 7.92. The molecule has 0 fully saturated rings. The number of rotatable bonds is 9. The Bertz CT molecular complexity index is 1180. The van der Waals surface area contributed by atoms with Crippen LogP contribution in [0.5, 0.6) is 5.75 Å². The van der Waals surface area contributed by atoms with E-state index in [4.69, 9.17) is 4.74 Å². The Morgan fingerprint density at radius 3 is 2.69 bits per heavy atom. The first-order chi connectivity index (χ1) is 16.8. The average molecular weight is 506 g/mol. The van der Waals surface area contributed by atoms with Crippen LogP contribution in [0, 0.1) is 5.82 Å². The first-order valence-electron chi connectivity index (χ1n) is 11.7. The Hall–Kier alpha value is -3.11. The number of sulfonamides is 1. The van der Waals surface area contributed by atoms with E-state index in [0.717, 1.165) is 44.5 Å².